The maximum Gasteiger partial charge on any atom is 0.306 e. The van der Waals surface area contributed by atoms with Gasteiger partial charge in [0.2, 0.25) is 0 Å². The molecule has 8 nitrogen and oxygen atoms in total. The number of likely N-dealkylation sites (tertiary alicyclic amines) is 2. The van der Waals surface area contributed by atoms with Crippen molar-refractivity contribution >= 4 is 39.5 Å². The predicted molar refractivity (Wildman–Crippen MR) is 312 cm³/mol. The Kier molecular flexibility index (Phi) is 47.0. The SMILES string of the molecule is CCCCCCCC/C=C\CCCCCCCC(=O)OCCC1CCN(CCSSCCN2CCC(CCOC(=O)CCCCCCCC(=O)OC(CCCCCCCC)CCCCCCCC)CC2)CC1. The molecule has 0 radical (unpaired) electrons. The van der Waals surface area contributed by atoms with Crippen molar-refractivity contribution < 1.29 is 28.6 Å². The summed E-state index contributed by atoms with van der Waals surface area (Å²) in [7, 11) is 4.06. The van der Waals surface area contributed by atoms with Crippen LogP contribution in [0.2, 0.25) is 0 Å². The van der Waals surface area contributed by atoms with E-state index in [9.17, 15) is 14.4 Å². The number of hydrogen-bond donors (Lipinski definition) is 0. The molecule has 0 spiro atoms. The molecule has 0 aromatic rings. The quantitative estimate of drug-likeness (QED) is 0.0193. The average molecular weight is 1050 g/mol. The molecule has 0 bridgehead atoms. The minimum atomic E-state index is -0.0503. The lowest BCUT2D eigenvalue weighted by Gasteiger charge is -2.32. The number of esters is 3. The van der Waals surface area contributed by atoms with Crippen molar-refractivity contribution in [2.45, 2.75) is 290 Å². The number of allylic oxidation sites excluding steroid dienone is 2. The maximum atomic E-state index is 12.7. The predicted octanol–water partition coefficient (Wildman–Crippen LogP) is 17.8. The Morgan fingerprint density at radius 2 is 0.778 bits per heavy atom. The van der Waals surface area contributed by atoms with Gasteiger partial charge in [-0.15, -0.1) is 0 Å². The largest absolute Gasteiger partial charge is 0.466 e. The van der Waals surface area contributed by atoms with Crippen molar-refractivity contribution in [2.24, 2.45) is 11.8 Å². The van der Waals surface area contributed by atoms with E-state index in [2.05, 4.69) is 42.7 Å². The molecule has 0 saturated carbocycles. The molecule has 0 aromatic heterocycles. The summed E-state index contributed by atoms with van der Waals surface area (Å²) in [5, 5.41) is 0. The van der Waals surface area contributed by atoms with E-state index in [1.807, 2.05) is 21.6 Å². The van der Waals surface area contributed by atoms with Crippen LogP contribution in [0.15, 0.2) is 12.2 Å². The Labute approximate surface area is 453 Å². The minimum Gasteiger partial charge on any atom is -0.466 e. The molecule has 2 aliphatic heterocycles. The zero-order valence-electron chi connectivity index (χ0n) is 47.6. The second-order valence-corrected chi connectivity index (χ2v) is 24.8. The van der Waals surface area contributed by atoms with Crippen molar-refractivity contribution in [3.8, 4) is 0 Å². The van der Waals surface area contributed by atoms with Gasteiger partial charge in [0.15, 0.2) is 0 Å². The lowest BCUT2D eigenvalue weighted by Crippen LogP contribution is -2.36. The normalized spacial score (nSPS) is 15.3. The van der Waals surface area contributed by atoms with Gasteiger partial charge >= 0.3 is 17.9 Å². The lowest BCUT2D eigenvalue weighted by molar-refractivity contribution is -0.150. The number of piperidine rings is 2. The Morgan fingerprint density at radius 1 is 0.444 bits per heavy atom. The fourth-order valence-electron chi connectivity index (χ4n) is 10.5. The van der Waals surface area contributed by atoms with Crippen LogP contribution in [0.5, 0.6) is 0 Å². The first kappa shape index (κ1) is 66.9. The van der Waals surface area contributed by atoms with Gasteiger partial charge in [-0.05, 0) is 147 Å². The van der Waals surface area contributed by atoms with Crippen molar-refractivity contribution in [3.05, 3.63) is 12.2 Å². The molecule has 0 N–H and O–H groups in total. The van der Waals surface area contributed by atoms with Gasteiger partial charge in [-0.2, -0.15) is 0 Å². The number of nitrogens with zero attached hydrogens (tertiary/aromatic N) is 2. The summed E-state index contributed by atoms with van der Waals surface area (Å²) in [6.07, 6.45) is 52.1. The van der Waals surface area contributed by atoms with E-state index < -0.39 is 0 Å². The monoisotopic (exact) mass is 1050 g/mol. The fraction of sp³-hybridized carbons (Fsp3) is 0.919. The second kappa shape index (κ2) is 50.6. The van der Waals surface area contributed by atoms with Crippen LogP contribution in [0.25, 0.3) is 0 Å². The van der Waals surface area contributed by atoms with Gasteiger partial charge in [-0.25, -0.2) is 0 Å². The Bertz CT molecular complexity index is 1240. The molecule has 2 heterocycles. The average Bonchev–Trinajstić information content (AvgIpc) is 3.38. The molecular formula is C62H116N2O6S2. The van der Waals surface area contributed by atoms with Crippen molar-refractivity contribution in [2.75, 3.05) is 64.0 Å². The van der Waals surface area contributed by atoms with Gasteiger partial charge in [-0.1, -0.05) is 189 Å². The van der Waals surface area contributed by atoms with Gasteiger partial charge in [0.05, 0.1) is 13.2 Å². The number of rotatable bonds is 51. The van der Waals surface area contributed by atoms with E-state index >= 15 is 0 Å². The molecule has 0 atom stereocenters. The number of carbonyl (C=O) groups is 3. The lowest BCUT2D eigenvalue weighted by atomic mass is 9.94. The third-order valence-electron chi connectivity index (χ3n) is 15.5. The molecule has 0 aliphatic carbocycles. The molecule has 2 fully saturated rings. The van der Waals surface area contributed by atoms with Crippen LogP contribution in [0.3, 0.4) is 0 Å². The highest BCUT2D eigenvalue weighted by Crippen LogP contribution is 2.26. The van der Waals surface area contributed by atoms with E-state index in [4.69, 9.17) is 14.2 Å². The summed E-state index contributed by atoms with van der Waals surface area (Å²) in [4.78, 5) is 42.7. The standard InChI is InChI=1S/C62H116N2O6S2/c1-4-7-10-13-16-17-18-19-20-21-22-23-24-28-33-38-60(65)68-53-45-57-41-47-63(48-42-57)51-55-71-72-56-52-64-49-43-58(44-50-64)46-54-69-61(66)39-34-29-25-30-35-40-62(67)70-59(36-31-26-14-11-8-5-2)37-32-27-15-12-9-6-3/h19-20,57-59H,4-18,21-56H2,1-3H3/b20-19-. The number of unbranched alkanes of at least 4 members (excludes halogenated alkanes) is 25. The molecule has 10 heteroatoms. The molecule has 0 unspecified atom stereocenters. The third-order valence-corrected chi connectivity index (χ3v) is 17.9. The van der Waals surface area contributed by atoms with E-state index in [1.54, 1.807) is 0 Å². The number of carbonyl (C=O) groups excluding carboxylic acids is 3. The van der Waals surface area contributed by atoms with Crippen LogP contribution in [-0.4, -0.2) is 97.8 Å². The summed E-state index contributed by atoms with van der Waals surface area (Å²) in [6.45, 7) is 15.0. The van der Waals surface area contributed by atoms with E-state index in [-0.39, 0.29) is 24.0 Å². The molecule has 0 amide bonds. The Hall–Kier alpha value is -1.23. The number of ether oxygens (including phenoxy) is 3. The Morgan fingerprint density at radius 3 is 1.17 bits per heavy atom. The van der Waals surface area contributed by atoms with E-state index in [0.717, 1.165) is 90.3 Å². The van der Waals surface area contributed by atoms with Gasteiger partial charge in [-0.3, -0.25) is 14.4 Å². The molecule has 2 aliphatic rings. The molecule has 422 valence electrons. The van der Waals surface area contributed by atoms with Gasteiger partial charge in [0.25, 0.3) is 0 Å². The highest BCUT2D eigenvalue weighted by Gasteiger charge is 2.21. The van der Waals surface area contributed by atoms with Gasteiger partial charge in [0, 0.05) is 43.9 Å². The first-order valence-corrected chi connectivity index (χ1v) is 33.8. The number of hydrogen-bond acceptors (Lipinski definition) is 10. The van der Waals surface area contributed by atoms with Crippen LogP contribution in [-0.2, 0) is 28.6 Å². The van der Waals surface area contributed by atoms with E-state index in [1.165, 1.54) is 205 Å². The minimum absolute atomic E-state index is 0.00158. The van der Waals surface area contributed by atoms with Crippen LogP contribution in [0.4, 0.5) is 0 Å². The third kappa shape index (κ3) is 42.0. The first-order valence-electron chi connectivity index (χ1n) is 31.3. The molecule has 2 saturated heterocycles. The molecule has 0 aromatic carbocycles. The first-order chi connectivity index (χ1) is 35.4. The van der Waals surface area contributed by atoms with Gasteiger partial charge < -0.3 is 24.0 Å². The zero-order valence-corrected chi connectivity index (χ0v) is 49.2. The van der Waals surface area contributed by atoms with Crippen LogP contribution in [0, 0.1) is 11.8 Å². The summed E-state index contributed by atoms with van der Waals surface area (Å²) >= 11 is 0. The summed E-state index contributed by atoms with van der Waals surface area (Å²) < 4.78 is 17.3. The van der Waals surface area contributed by atoms with E-state index in [0.29, 0.717) is 44.3 Å². The Balaban J connectivity index is 1.35. The van der Waals surface area contributed by atoms with Crippen molar-refractivity contribution in [3.63, 3.8) is 0 Å². The maximum absolute atomic E-state index is 12.7. The summed E-state index contributed by atoms with van der Waals surface area (Å²) in [6, 6.07) is 0. The topological polar surface area (TPSA) is 85.4 Å². The molecule has 2 rings (SSSR count). The molecule has 72 heavy (non-hydrogen) atoms. The van der Waals surface area contributed by atoms with Crippen LogP contribution >= 0.6 is 21.6 Å². The van der Waals surface area contributed by atoms with Gasteiger partial charge in [0.1, 0.15) is 6.10 Å². The van der Waals surface area contributed by atoms with Crippen LogP contribution < -0.4 is 0 Å². The highest BCUT2D eigenvalue weighted by molar-refractivity contribution is 8.76. The summed E-state index contributed by atoms with van der Waals surface area (Å²) in [5.41, 5.74) is 0. The zero-order chi connectivity index (χ0) is 51.6. The van der Waals surface area contributed by atoms with Crippen molar-refractivity contribution in [1.82, 2.24) is 9.80 Å². The smallest absolute Gasteiger partial charge is 0.306 e. The van der Waals surface area contributed by atoms with Crippen LogP contribution in [0.1, 0.15) is 284 Å². The van der Waals surface area contributed by atoms with Crippen molar-refractivity contribution in [1.29, 1.82) is 0 Å². The highest BCUT2D eigenvalue weighted by atomic mass is 33.1. The second-order valence-electron chi connectivity index (χ2n) is 22.1. The fourth-order valence-corrected chi connectivity index (χ4v) is 12.5. The summed E-state index contributed by atoms with van der Waals surface area (Å²) in [5.74, 6) is 3.65. The molecular weight excluding hydrogens is 933 g/mol.